The largest absolute Gasteiger partial charge is 0.342 e. The maximum atomic E-state index is 12.9. The van der Waals surface area contributed by atoms with Gasteiger partial charge in [0.25, 0.3) is 11.8 Å². The number of rotatable bonds is 6. The Kier molecular flexibility index (Phi) is 6.59. The molecule has 1 aliphatic heterocycles. The minimum absolute atomic E-state index is 0.228. The Morgan fingerprint density at radius 2 is 1.72 bits per heavy atom. The predicted molar refractivity (Wildman–Crippen MR) is 111 cm³/mol. The molecule has 1 fully saturated rings. The number of aryl methyl sites for hydroxylation is 2. The van der Waals surface area contributed by atoms with Gasteiger partial charge in [0.2, 0.25) is 6.41 Å². The molecule has 1 aliphatic rings. The highest BCUT2D eigenvalue weighted by Crippen LogP contribution is 2.23. The van der Waals surface area contributed by atoms with Crippen LogP contribution in [-0.2, 0) is 17.6 Å². The lowest BCUT2D eigenvalue weighted by molar-refractivity contribution is -0.119. The summed E-state index contributed by atoms with van der Waals surface area (Å²) in [7, 11) is 0. The quantitative estimate of drug-likeness (QED) is 0.763. The van der Waals surface area contributed by atoms with Crippen molar-refractivity contribution in [2.75, 3.05) is 31.5 Å². The molecule has 2 aromatic rings. The molecule has 152 valence electrons. The summed E-state index contributed by atoms with van der Waals surface area (Å²) in [5.41, 5.74) is 3.63. The average Bonchev–Trinajstić information content (AvgIpc) is 2.78. The predicted octanol–water partition coefficient (Wildman–Crippen LogP) is 2.37. The second-order valence-electron chi connectivity index (χ2n) is 6.98. The summed E-state index contributed by atoms with van der Waals surface area (Å²) in [5.74, 6) is -0.490. The molecule has 1 aromatic heterocycles. The van der Waals surface area contributed by atoms with E-state index in [0.717, 1.165) is 36.1 Å². The van der Waals surface area contributed by atoms with E-state index in [9.17, 15) is 14.4 Å². The molecule has 0 unspecified atom stereocenters. The van der Waals surface area contributed by atoms with Gasteiger partial charge in [0, 0.05) is 43.6 Å². The molecule has 3 rings (SSSR count). The van der Waals surface area contributed by atoms with Gasteiger partial charge < -0.3 is 15.1 Å². The summed E-state index contributed by atoms with van der Waals surface area (Å²) in [5, 5.41) is 3.02. The van der Waals surface area contributed by atoms with Crippen LogP contribution in [0.3, 0.4) is 0 Å². The van der Waals surface area contributed by atoms with Crippen LogP contribution in [0.2, 0.25) is 0 Å². The van der Waals surface area contributed by atoms with Gasteiger partial charge in [0.1, 0.15) is 5.69 Å². The molecular weight excluding hydrogens is 368 g/mol. The van der Waals surface area contributed by atoms with Gasteiger partial charge in [-0.1, -0.05) is 32.0 Å². The van der Waals surface area contributed by atoms with Gasteiger partial charge in [-0.3, -0.25) is 19.4 Å². The fourth-order valence-electron chi connectivity index (χ4n) is 3.47. The van der Waals surface area contributed by atoms with Gasteiger partial charge in [0.15, 0.2) is 0 Å². The smallest absolute Gasteiger partial charge is 0.272 e. The summed E-state index contributed by atoms with van der Waals surface area (Å²) >= 11 is 0. The lowest BCUT2D eigenvalue weighted by atomic mass is 10.0. The number of hydrogen-bond donors (Lipinski definition) is 1. The first-order chi connectivity index (χ1) is 14.1. The number of anilines is 1. The van der Waals surface area contributed by atoms with Crippen LogP contribution >= 0.6 is 0 Å². The maximum absolute atomic E-state index is 12.9. The summed E-state index contributed by atoms with van der Waals surface area (Å²) in [6, 6.07) is 9.16. The fraction of sp³-hybridized carbons (Fsp3) is 0.364. The molecular formula is C22H26N4O3. The zero-order valence-corrected chi connectivity index (χ0v) is 16.9. The van der Waals surface area contributed by atoms with Crippen molar-refractivity contribution in [2.24, 2.45) is 0 Å². The van der Waals surface area contributed by atoms with E-state index in [1.165, 1.54) is 12.3 Å². The molecule has 3 amide bonds. The van der Waals surface area contributed by atoms with Crippen molar-refractivity contribution >= 4 is 23.9 Å². The van der Waals surface area contributed by atoms with E-state index in [-0.39, 0.29) is 17.5 Å². The van der Waals surface area contributed by atoms with Gasteiger partial charge >= 0.3 is 0 Å². The Morgan fingerprint density at radius 3 is 2.31 bits per heavy atom. The Labute approximate surface area is 170 Å². The van der Waals surface area contributed by atoms with Gasteiger partial charge in [-0.05, 0) is 36.1 Å². The minimum atomic E-state index is -0.261. The third kappa shape index (κ3) is 4.62. The van der Waals surface area contributed by atoms with Crippen LogP contribution in [-0.4, -0.2) is 59.2 Å². The van der Waals surface area contributed by atoms with E-state index >= 15 is 0 Å². The molecule has 0 radical (unpaired) electrons. The minimum Gasteiger partial charge on any atom is -0.342 e. The van der Waals surface area contributed by atoms with Crippen LogP contribution in [0, 0.1) is 0 Å². The number of carbonyl (C=O) groups is 3. The number of piperazine rings is 1. The zero-order valence-electron chi connectivity index (χ0n) is 16.9. The van der Waals surface area contributed by atoms with E-state index in [2.05, 4.69) is 24.1 Å². The topological polar surface area (TPSA) is 82.6 Å². The molecule has 7 nitrogen and oxygen atoms in total. The molecule has 0 bridgehead atoms. The standard InChI is InChI=1S/C22H26N4O3/c1-3-16-6-5-7-17(4-2)20(16)24-21(28)18-8-9-23-19(14-18)22(29)26-12-10-25(15-27)11-13-26/h5-9,14-15H,3-4,10-13H2,1-2H3,(H,24,28). The van der Waals surface area contributed by atoms with Crippen LogP contribution in [0.15, 0.2) is 36.5 Å². The van der Waals surface area contributed by atoms with Gasteiger partial charge in [-0.15, -0.1) is 0 Å². The lowest BCUT2D eigenvalue weighted by Gasteiger charge is -2.32. The van der Waals surface area contributed by atoms with Gasteiger partial charge in [0.05, 0.1) is 0 Å². The number of hydrogen-bond acceptors (Lipinski definition) is 4. The van der Waals surface area contributed by atoms with Crippen LogP contribution < -0.4 is 5.32 Å². The van der Waals surface area contributed by atoms with Crippen molar-refractivity contribution in [3.8, 4) is 0 Å². The van der Waals surface area contributed by atoms with E-state index in [1.807, 2.05) is 18.2 Å². The number of nitrogens with zero attached hydrogens (tertiary/aromatic N) is 3. The van der Waals surface area contributed by atoms with Crippen LogP contribution in [0.4, 0.5) is 5.69 Å². The third-order valence-electron chi connectivity index (χ3n) is 5.23. The van der Waals surface area contributed by atoms with Crippen molar-refractivity contribution < 1.29 is 14.4 Å². The molecule has 2 heterocycles. The first kappa shape index (κ1) is 20.5. The molecule has 1 aromatic carbocycles. The highest BCUT2D eigenvalue weighted by Gasteiger charge is 2.23. The summed E-state index contributed by atoms with van der Waals surface area (Å²) in [4.78, 5) is 43.9. The Bertz CT molecular complexity index is 882. The van der Waals surface area contributed by atoms with Crippen molar-refractivity contribution in [1.29, 1.82) is 0 Å². The van der Waals surface area contributed by atoms with Crippen molar-refractivity contribution in [1.82, 2.24) is 14.8 Å². The molecule has 1 saturated heterocycles. The Balaban J connectivity index is 1.77. The van der Waals surface area contributed by atoms with Crippen molar-refractivity contribution in [3.05, 3.63) is 58.9 Å². The van der Waals surface area contributed by atoms with Gasteiger partial charge in [-0.2, -0.15) is 0 Å². The number of amides is 3. The lowest BCUT2D eigenvalue weighted by Crippen LogP contribution is -2.48. The van der Waals surface area contributed by atoms with Gasteiger partial charge in [-0.25, -0.2) is 0 Å². The number of pyridine rings is 1. The van der Waals surface area contributed by atoms with Crippen molar-refractivity contribution in [3.63, 3.8) is 0 Å². The summed E-state index contributed by atoms with van der Waals surface area (Å²) < 4.78 is 0. The number of aromatic nitrogens is 1. The molecule has 0 aliphatic carbocycles. The first-order valence-electron chi connectivity index (χ1n) is 9.94. The summed E-state index contributed by atoms with van der Waals surface area (Å²) in [6.45, 7) is 6.03. The Morgan fingerprint density at radius 1 is 1.07 bits per heavy atom. The fourth-order valence-corrected chi connectivity index (χ4v) is 3.47. The molecule has 0 saturated carbocycles. The number of benzene rings is 1. The SMILES string of the molecule is CCc1cccc(CC)c1NC(=O)c1ccnc(C(=O)N2CCN(C=O)CC2)c1. The molecule has 29 heavy (non-hydrogen) atoms. The third-order valence-corrected chi connectivity index (χ3v) is 5.23. The molecule has 1 N–H and O–H groups in total. The number of nitrogens with one attached hydrogen (secondary N) is 1. The Hall–Kier alpha value is -3.22. The second-order valence-corrected chi connectivity index (χ2v) is 6.98. The number of para-hydroxylation sites is 1. The van der Waals surface area contributed by atoms with E-state index in [1.54, 1.807) is 15.9 Å². The van der Waals surface area contributed by atoms with Crippen LogP contribution in [0.1, 0.15) is 45.8 Å². The highest BCUT2D eigenvalue weighted by atomic mass is 16.2. The average molecular weight is 394 g/mol. The number of carbonyl (C=O) groups excluding carboxylic acids is 3. The highest BCUT2D eigenvalue weighted by molar-refractivity contribution is 6.06. The molecule has 0 atom stereocenters. The first-order valence-corrected chi connectivity index (χ1v) is 9.94. The van der Waals surface area contributed by atoms with Crippen LogP contribution in [0.25, 0.3) is 0 Å². The maximum Gasteiger partial charge on any atom is 0.272 e. The van der Waals surface area contributed by atoms with E-state index in [4.69, 9.17) is 0 Å². The normalized spacial score (nSPS) is 13.9. The molecule has 7 heteroatoms. The zero-order chi connectivity index (χ0) is 20.8. The van der Waals surface area contributed by atoms with E-state index in [0.29, 0.717) is 31.7 Å². The van der Waals surface area contributed by atoms with Crippen LogP contribution in [0.5, 0.6) is 0 Å². The monoisotopic (exact) mass is 394 g/mol. The van der Waals surface area contributed by atoms with E-state index < -0.39 is 0 Å². The second kappa shape index (κ2) is 9.32. The van der Waals surface area contributed by atoms with Crippen molar-refractivity contribution in [2.45, 2.75) is 26.7 Å². The summed E-state index contributed by atoms with van der Waals surface area (Å²) in [6.07, 6.45) is 3.91. The molecule has 0 spiro atoms.